The molecule has 2 amide bonds. The van der Waals surface area contributed by atoms with Crippen LogP contribution in [0.2, 0.25) is 0 Å². The molecule has 0 bridgehead atoms. The Morgan fingerprint density at radius 2 is 2.11 bits per heavy atom. The van der Waals surface area contributed by atoms with Gasteiger partial charge in [-0.3, -0.25) is 14.5 Å². The Labute approximate surface area is 165 Å². The van der Waals surface area contributed by atoms with Gasteiger partial charge in [0.2, 0.25) is 18.6 Å². The maximum atomic E-state index is 13.0. The summed E-state index contributed by atoms with van der Waals surface area (Å²) >= 11 is 3.35. The Kier molecular flexibility index (Phi) is 4.73. The molecule has 4 rings (SSSR count). The quantitative estimate of drug-likeness (QED) is 0.743. The molecule has 3 heterocycles. The highest BCUT2D eigenvalue weighted by atomic mass is 79.9. The summed E-state index contributed by atoms with van der Waals surface area (Å²) in [6.45, 7) is 2.90. The van der Waals surface area contributed by atoms with Gasteiger partial charge in [-0.25, -0.2) is 4.98 Å². The number of amides is 2. The Bertz CT molecular complexity index is 887. The first-order valence-corrected chi connectivity index (χ1v) is 9.49. The number of rotatable bonds is 4. The molecule has 1 saturated heterocycles. The number of carbonyl (C=O) groups excluding carboxylic acids is 2. The van der Waals surface area contributed by atoms with Gasteiger partial charge in [-0.15, -0.1) is 0 Å². The van der Waals surface area contributed by atoms with Crippen molar-refractivity contribution in [1.29, 1.82) is 0 Å². The molecule has 0 N–H and O–H groups in total. The van der Waals surface area contributed by atoms with Crippen LogP contribution in [0.5, 0.6) is 11.5 Å². The molecule has 2 aliphatic heterocycles. The molecule has 1 aromatic carbocycles. The topological polar surface area (TPSA) is 72.0 Å². The number of nitrogens with zero attached hydrogens (tertiary/aromatic N) is 3. The van der Waals surface area contributed by atoms with Crippen molar-refractivity contribution < 1.29 is 19.1 Å². The van der Waals surface area contributed by atoms with Gasteiger partial charge in [0.1, 0.15) is 5.82 Å². The summed E-state index contributed by atoms with van der Waals surface area (Å²) in [4.78, 5) is 33.1. The Morgan fingerprint density at radius 3 is 2.85 bits per heavy atom. The minimum Gasteiger partial charge on any atom is -0.454 e. The van der Waals surface area contributed by atoms with E-state index < -0.39 is 5.92 Å². The average molecular weight is 432 g/mol. The standard InChI is InChI=1S/C19H18BrN3O4/c1-2-22(17-6-3-13(20)9-21-17)19(25)12-7-18(24)23(10-12)14-4-5-15-16(8-14)27-11-26-15/h3-6,8-9,12H,2,7,10-11H2,1H3. The van der Waals surface area contributed by atoms with Gasteiger partial charge in [-0.05, 0) is 47.1 Å². The van der Waals surface area contributed by atoms with Gasteiger partial charge in [0.05, 0.1) is 5.92 Å². The van der Waals surface area contributed by atoms with Gasteiger partial charge < -0.3 is 14.4 Å². The number of aromatic nitrogens is 1. The summed E-state index contributed by atoms with van der Waals surface area (Å²) in [6.07, 6.45) is 1.84. The first-order valence-electron chi connectivity index (χ1n) is 8.69. The van der Waals surface area contributed by atoms with Crippen molar-refractivity contribution in [3.05, 3.63) is 41.0 Å². The maximum absolute atomic E-state index is 13.0. The lowest BCUT2D eigenvalue weighted by Gasteiger charge is -2.23. The molecule has 140 valence electrons. The first kappa shape index (κ1) is 17.8. The highest BCUT2D eigenvalue weighted by molar-refractivity contribution is 9.10. The molecule has 1 aromatic heterocycles. The third-order valence-electron chi connectivity index (χ3n) is 4.71. The van der Waals surface area contributed by atoms with Crippen molar-refractivity contribution in [1.82, 2.24) is 4.98 Å². The van der Waals surface area contributed by atoms with Crippen molar-refractivity contribution in [2.75, 3.05) is 29.7 Å². The van der Waals surface area contributed by atoms with Gasteiger partial charge in [-0.2, -0.15) is 0 Å². The van der Waals surface area contributed by atoms with E-state index >= 15 is 0 Å². The molecular formula is C19H18BrN3O4. The molecule has 27 heavy (non-hydrogen) atoms. The van der Waals surface area contributed by atoms with Crippen LogP contribution >= 0.6 is 15.9 Å². The zero-order chi connectivity index (χ0) is 19.0. The summed E-state index contributed by atoms with van der Waals surface area (Å²) in [7, 11) is 0. The molecular weight excluding hydrogens is 414 g/mol. The van der Waals surface area contributed by atoms with Crippen LogP contribution in [0.4, 0.5) is 11.5 Å². The van der Waals surface area contributed by atoms with Crippen molar-refractivity contribution in [2.24, 2.45) is 5.92 Å². The second-order valence-corrected chi connectivity index (χ2v) is 7.28. The number of benzene rings is 1. The number of halogens is 1. The molecule has 7 nitrogen and oxygen atoms in total. The Morgan fingerprint density at radius 1 is 1.30 bits per heavy atom. The largest absolute Gasteiger partial charge is 0.454 e. The van der Waals surface area contributed by atoms with Gasteiger partial charge >= 0.3 is 0 Å². The van der Waals surface area contributed by atoms with Crippen LogP contribution in [-0.4, -0.2) is 36.7 Å². The predicted octanol–water partition coefficient (Wildman–Crippen LogP) is 2.98. The number of carbonyl (C=O) groups is 2. The highest BCUT2D eigenvalue weighted by Gasteiger charge is 2.38. The second kappa shape index (κ2) is 7.19. The molecule has 1 unspecified atom stereocenters. The van der Waals surface area contributed by atoms with E-state index in [-0.39, 0.29) is 25.0 Å². The Hall–Kier alpha value is -2.61. The molecule has 0 spiro atoms. The summed E-state index contributed by atoms with van der Waals surface area (Å²) in [6, 6.07) is 9.01. The van der Waals surface area contributed by atoms with E-state index in [0.29, 0.717) is 36.1 Å². The van der Waals surface area contributed by atoms with Crippen molar-refractivity contribution >= 4 is 39.2 Å². The number of hydrogen-bond donors (Lipinski definition) is 0. The minimum atomic E-state index is -0.409. The fourth-order valence-corrected chi connectivity index (χ4v) is 3.59. The van der Waals surface area contributed by atoms with Crippen LogP contribution in [0.3, 0.4) is 0 Å². The molecule has 0 saturated carbocycles. The smallest absolute Gasteiger partial charge is 0.233 e. The van der Waals surface area contributed by atoms with Gasteiger partial charge in [0, 0.05) is 41.9 Å². The van der Waals surface area contributed by atoms with E-state index in [2.05, 4.69) is 20.9 Å². The van der Waals surface area contributed by atoms with Gasteiger partial charge in [-0.1, -0.05) is 0 Å². The maximum Gasteiger partial charge on any atom is 0.233 e. The van der Waals surface area contributed by atoms with Gasteiger partial charge in [0.25, 0.3) is 0 Å². The van der Waals surface area contributed by atoms with E-state index in [1.165, 1.54) is 0 Å². The Balaban J connectivity index is 1.52. The van der Waals surface area contributed by atoms with E-state index in [1.54, 1.807) is 34.2 Å². The van der Waals surface area contributed by atoms with Crippen LogP contribution in [0, 0.1) is 5.92 Å². The monoisotopic (exact) mass is 431 g/mol. The lowest BCUT2D eigenvalue weighted by atomic mass is 10.1. The SMILES string of the molecule is CCN(C(=O)C1CC(=O)N(c2ccc3c(c2)OCO3)C1)c1ccc(Br)cn1. The average Bonchev–Trinajstić information content (AvgIpc) is 3.29. The summed E-state index contributed by atoms with van der Waals surface area (Å²) < 4.78 is 11.5. The van der Waals surface area contributed by atoms with Crippen molar-refractivity contribution in [2.45, 2.75) is 13.3 Å². The predicted molar refractivity (Wildman–Crippen MR) is 103 cm³/mol. The zero-order valence-corrected chi connectivity index (χ0v) is 16.3. The summed E-state index contributed by atoms with van der Waals surface area (Å²) in [5, 5.41) is 0. The van der Waals surface area contributed by atoms with Crippen LogP contribution in [0.25, 0.3) is 0 Å². The molecule has 2 aliphatic rings. The summed E-state index contributed by atoms with van der Waals surface area (Å²) in [5.41, 5.74) is 0.712. The van der Waals surface area contributed by atoms with Gasteiger partial charge in [0.15, 0.2) is 11.5 Å². The minimum absolute atomic E-state index is 0.0768. The van der Waals surface area contributed by atoms with Crippen LogP contribution in [-0.2, 0) is 9.59 Å². The number of fused-ring (bicyclic) bond motifs is 1. The fourth-order valence-electron chi connectivity index (χ4n) is 3.35. The van der Waals surface area contributed by atoms with Crippen LogP contribution in [0.15, 0.2) is 41.0 Å². The van der Waals surface area contributed by atoms with E-state index in [1.807, 2.05) is 19.1 Å². The number of ether oxygens (including phenoxy) is 2. The fraction of sp³-hybridized carbons (Fsp3) is 0.316. The van der Waals surface area contributed by atoms with Crippen molar-refractivity contribution in [3.8, 4) is 11.5 Å². The number of anilines is 2. The molecule has 2 aromatic rings. The highest BCUT2D eigenvalue weighted by Crippen LogP contribution is 2.37. The lowest BCUT2D eigenvalue weighted by molar-refractivity contribution is -0.124. The zero-order valence-electron chi connectivity index (χ0n) is 14.7. The first-order chi connectivity index (χ1) is 13.1. The van der Waals surface area contributed by atoms with E-state index in [4.69, 9.17) is 9.47 Å². The number of pyridine rings is 1. The second-order valence-electron chi connectivity index (χ2n) is 6.36. The van der Waals surface area contributed by atoms with Crippen molar-refractivity contribution in [3.63, 3.8) is 0 Å². The molecule has 8 heteroatoms. The van der Waals surface area contributed by atoms with Crippen LogP contribution in [0.1, 0.15) is 13.3 Å². The molecule has 1 fully saturated rings. The molecule has 0 radical (unpaired) electrons. The number of hydrogen-bond acceptors (Lipinski definition) is 5. The van der Waals surface area contributed by atoms with E-state index in [9.17, 15) is 9.59 Å². The third-order valence-corrected chi connectivity index (χ3v) is 5.18. The molecule has 0 aliphatic carbocycles. The lowest BCUT2D eigenvalue weighted by Crippen LogP contribution is -2.38. The third kappa shape index (κ3) is 3.37. The normalized spacial score (nSPS) is 18.1. The summed E-state index contributed by atoms with van der Waals surface area (Å²) in [5.74, 6) is 1.28. The van der Waals surface area contributed by atoms with E-state index in [0.717, 1.165) is 4.47 Å². The molecule has 1 atom stereocenters. The van der Waals surface area contributed by atoms with Crippen LogP contribution < -0.4 is 19.3 Å².